The van der Waals surface area contributed by atoms with Crippen molar-refractivity contribution in [3.05, 3.63) is 4.91 Å². The van der Waals surface area contributed by atoms with Gasteiger partial charge in [0.1, 0.15) is 18.9 Å². The largest absolute Gasteiger partial charge is 0.389 e. The highest BCUT2D eigenvalue weighted by Gasteiger charge is 2.38. The van der Waals surface area contributed by atoms with Crippen LogP contribution >= 0.6 is 0 Å². The molecular formula is C7H11NO5. The number of hydrogen-bond donors (Lipinski definition) is 2. The molecule has 0 aliphatic carbocycles. The molecule has 0 saturated carbocycles. The van der Waals surface area contributed by atoms with Crippen molar-refractivity contribution in [3.63, 3.8) is 0 Å². The number of carbonyl (C=O) groups excluding carboxylic acids is 1. The molecule has 13 heavy (non-hydrogen) atoms. The fraction of sp³-hybridized carbons (Fsp3) is 0.857. The van der Waals surface area contributed by atoms with Gasteiger partial charge in [-0.05, 0) is 0 Å². The van der Waals surface area contributed by atoms with E-state index in [4.69, 9.17) is 9.84 Å². The Morgan fingerprint density at radius 2 is 2.23 bits per heavy atom. The van der Waals surface area contributed by atoms with E-state index in [1.54, 1.807) is 0 Å². The van der Waals surface area contributed by atoms with Crippen LogP contribution < -0.4 is 0 Å². The molecule has 74 valence electrons. The van der Waals surface area contributed by atoms with E-state index in [-0.39, 0.29) is 13.2 Å². The van der Waals surface area contributed by atoms with Gasteiger partial charge < -0.3 is 19.7 Å². The summed E-state index contributed by atoms with van der Waals surface area (Å²) in [5.74, 6) is -0.874. The molecule has 0 radical (unpaired) electrons. The van der Waals surface area contributed by atoms with Gasteiger partial charge in [-0.1, -0.05) is 5.18 Å². The summed E-state index contributed by atoms with van der Waals surface area (Å²) in [6.45, 7) is -0.265. The highest BCUT2D eigenvalue weighted by molar-refractivity contribution is 5.56. The Balaban J connectivity index is 2.65. The molecule has 4 atom stereocenters. The first kappa shape index (κ1) is 10.2. The molecule has 6 heteroatoms. The summed E-state index contributed by atoms with van der Waals surface area (Å²) in [6.07, 6.45) is -2.48. The van der Waals surface area contributed by atoms with E-state index in [0.717, 1.165) is 0 Å². The molecule has 4 unspecified atom stereocenters. The van der Waals surface area contributed by atoms with Gasteiger partial charge in [0.05, 0.1) is 24.7 Å². The highest BCUT2D eigenvalue weighted by Crippen LogP contribution is 2.20. The fourth-order valence-electron chi connectivity index (χ4n) is 1.32. The van der Waals surface area contributed by atoms with E-state index in [0.29, 0.717) is 6.29 Å². The van der Waals surface area contributed by atoms with Crippen LogP contribution in [0.15, 0.2) is 5.18 Å². The average molecular weight is 189 g/mol. The molecule has 2 N–H and O–H groups in total. The number of hydrogen-bond acceptors (Lipinski definition) is 6. The number of aliphatic hydroxyl groups is 2. The van der Waals surface area contributed by atoms with Crippen LogP contribution in [0.5, 0.6) is 0 Å². The molecule has 0 aromatic rings. The van der Waals surface area contributed by atoms with Crippen LogP contribution in [0.1, 0.15) is 0 Å². The second-order valence-electron chi connectivity index (χ2n) is 2.95. The molecule has 1 aliphatic rings. The Morgan fingerprint density at radius 1 is 1.54 bits per heavy atom. The monoisotopic (exact) mass is 189 g/mol. The van der Waals surface area contributed by atoms with Crippen molar-refractivity contribution in [3.8, 4) is 0 Å². The van der Waals surface area contributed by atoms with E-state index < -0.39 is 24.2 Å². The van der Waals surface area contributed by atoms with Crippen LogP contribution in [0.4, 0.5) is 0 Å². The van der Waals surface area contributed by atoms with Gasteiger partial charge >= 0.3 is 0 Å². The summed E-state index contributed by atoms with van der Waals surface area (Å²) in [6, 6.07) is 0. The molecule has 0 aromatic heterocycles. The molecule has 0 spiro atoms. The Bertz CT molecular complexity index is 197. The van der Waals surface area contributed by atoms with Gasteiger partial charge in [-0.25, -0.2) is 0 Å². The average Bonchev–Trinajstić information content (AvgIpc) is 2.12. The van der Waals surface area contributed by atoms with Gasteiger partial charge in [0.2, 0.25) is 0 Å². The minimum Gasteiger partial charge on any atom is -0.389 e. The number of rotatable bonds is 3. The van der Waals surface area contributed by atoms with Gasteiger partial charge in [-0.2, -0.15) is 4.91 Å². The lowest BCUT2D eigenvalue weighted by molar-refractivity contribution is -0.160. The Hall–Kier alpha value is -0.850. The minimum absolute atomic E-state index is 0.0777. The first-order valence-electron chi connectivity index (χ1n) is 3.93. The van der Waals surface area contributed by atoms with E-state index in [2.05, 4.69) is 5.18 Å². The summed E-state index contributed by atoms with van der Waals surface area (Å²) >= 11 is 0. The number of aldehydes is 1. The van der Waals surface area contributed by atoms with Crippen molar-refractivity contribution < 1.29 is 19.7 Å². The highest BCUT2D eigenvalue weighted by atomic mass is 16.5. The number of carbonyl (C=O) groups is 1. The summed E-state index contributed by atoms with van der Waals surface area (Å²) in [5.41, 5.74) is 0. The zero-order valence-corrected chi connectivity index (χ0v) is 6.87. The topological polar surface area (TPSA) is 96.2 Å². The van der Waals surface area contributed by atoms with Gasteiger partial charge in [0.15, 0.2) is 0 Å². The van der Waals surface area contributed by atoms with Crippen LogP contribution in [0.25, 0.3) is 0 Å². The lowest BCUT2D eigenvalue weighted by Crippen LogP contribution is -2.50. The van der Waals surface area contributed by atoms with Crippen LogP contribution in [-0.4, -0.2) is 48.0 Å². The van der Waals surface area contributed by atoms with E-state index in [1.165, 1.54) is 0 Å². The number of aliphatic hydroxyl groups excluding tert-OH is 2. The van der Waals surface area contributed by atoms with Crippen molar-refractivity contribution in [2.24, 2.45) is 11.1 Å². The van der Waals surface area contributed by atoms with Crippen LogP contribution in [0.2, 0.25) is 0 Å². The normalized spacial score (nSPS) is 39.8. The molecule has 6 nitrogen and oxygen atoms in total. The summed E-state index contributed by atoms with van der Waals surface area (Å²) in [4.78, 5) is 20.4. The molecule has 0 bridgehead atoms. The summed E-state index contributed by atoms with van der Waals surface area (Å²) in [5, 5.41) is 21.0. The van der Waals surface area contributed by atoms with Gasteiger partial charge in [0, 0.05) is 0 Å². The van der Waals surface area contributed by atoms with E-state index >= 15 is 0 Å². The number of nitrogens with zero attached hydrogens (tertiary/aromatic N) is 1. The first-order chi connectivity index (χ1) is 6.20. The first-order valence-corrected chi connectivity index (χ1v) is 3.93. The van der Waals surface area contributed by atoms with Crippen molar-refractivity contribution in [2.75, 3.05) is 13.2 Å². The maximum Gasteiger partial charge on any atom is 0.128 e. The van der Waals surface area contributed by atoms with Gasteiger partial charge in [0.25, 0.3) is 0 Å². The lowest BCUT2D eigenvalue weighted by Gasteiger charge is -2.34. The zero-order valence-electron chi connectivity index (χ0n) is 6.87. The lowest BCUT2D eigenvalue weighted by atomic mass is 9.91. The van der Waals surface area contributed by atoms with E-state index in [1.807, 2.05) is 0 Å². The van der Waals surface area contributed by atoms with Crippen molar-refractivity contribution in [1.29, 1.82) is 0 Å². The Kier molecular flexibility index (Phi) is 3.47. The summed E-state index contributed by atoms with van der Waals surface area (Å²) in [7, 11) is 0. The summed E-state index contributed by atoms with van der Waals surface area (Å²) < 4.78 is 4.97. The van der Waals surface area contributed by atoms with Crippen molar-refractivity contribution in [2.45, 2.75) is 18.3 Å². The van der Waals surface area contributed by atoms with Crippen molar-refractivity contribution >= 4 is 6.29 Å². The molecule has 1 rings (SSSR count). The smallest absolute Gasteiger partial charge is 0.128 e. The van der Waals surface area contributed by atoms with Crippen LogP contribution in [0.3, 0.4) is 0 Å². The molecular weight excluding hydrogens is 178 g/mol. The third-order valence-electron chi connectivity index (χ3n) is 2.11. The standard InChI is InChI=1S/C7H11NO5/c9-2-4-6(1-8-12)13-3-5(10)7(4)11/h2,4-7,10-11H,1,3H2. The third-order valence-corrected chi connectivity index (χ3v) is 2.11. The fourth-order valence-corrected chi connectivity index (χ4v) is 1.32. The van der Waals surface area contributed by atoms with Crippen molar-refractivity contribution in [1.82, 2.24) is 0 Å². The van der Waals surface area contributed by atoms with Gasteiger partial charge in [-0.15, -0.1) is 0 Å². The predicted octanol–water partition coefficient (Wildman–Crippen LogP) is -1.31. The molecule has 1 aliphatic heterocycles. The third kappa shape index (κ3) is 2.09. The molecule has 1 fully saturated rings. The minimum atomic E-state index is -1.17. The zero-order chi connectivity index (χ0) is 9.84. The van der Waals surface area contributed by atoms with E-state index in [9.17, 15) is 14.8 Å². The maximum atomic E-state index is 10.5. The van der Waals surface area contributed by atoms with Crippen LogP contribution in [0, 0.1) is 10.8 Å². The molecule has 0 aromatic carbocycles. The quantitative estimate of drug-likeness (QED) is 0.424. The molecule has 1 heterocycles. The van der Waals surface area contributed by atoms with Crippen LogP contribution in [-0.2, 0) is 9.53 Å². The Labute approximate surface area is 74.5 Å². The Morgan fingerprint density at radius 3 is 2.77 bits per heavy atom. The number of nitroso groups, excluding NO2 is 1. The molecule has 0 amide bonds. The number of ether oxygens (including phenoxy) is 1. The second-order valence-corrected chi connectivity index (χ2v) is 2.95. The second kappa shape index (κ2) is 4.40. The van der Waals surface area contributed by atoms with Gasteiger partial charge in [-0.3, -0.25) is 0 Å². The molecule has 1 saturated heterocycles. The SMILES string of the molecule is O=CC1C(CN=O)OCC(O)C1O. The maximum absolute atomic E-state index is 10.5. The predicted molar refractivity (Wildman–Crippen MR) is 42.0 cm³/mol.